The first-order valence-electron chi connectivity index (χ1n) is 7.10. The second-order valence-corrected chi connectivity index (χ2v) is 6.77. The second-order valence-electron chi connectivity index (χ2n) is 5.45. The van der Waals surface area contributed by atoms with Crippen molar-refractivity contribution in [1.29, 1.82) is 0 Å². The molecule has 1 aromatic heterocycles. The zero-order chi connectivity index (χ0) is 14.8. The van der Waals surface area contributed by atoms with Crippen molar-refractivity contribution < 1.29 is 4.79 Å². The van der Waals surface area contributed by atoms with Crippen molar-refractivity contribution in [1.82, 2.24) is 15.2 Å². The fraction of sp³-hybridized carbons (Fsp3) is 0.375. The Morgan fingerprint density at radius 1 is 1.35 bits per heavy atom. The summed E-state index contributed by atoms with van der Waals surface area (Å²) in [5, 5.41) is 4.38. The lowest BCUT2D eigenvalue weighted by molar-refractivity contribution is -0.132. The zero-order valence-corrected chi connectivity index (χ0v) is 15.6. The van der Waals surface area contributed by atoms with Gasteiger partial charge in [-0.15, -0.1) is 36.2 Å². The van der Waals surface area contributed by atoms with Crippen LogP contribution in [0.3, 0.4) is 0 Å². The molecule has 1 N–H and O–H groups in total. The van der Waals surface area contributed by atoms with Crippen molar-refractivity contribution in [2.24, 2.45) is 0 Å². The van der Waals surface area contributed by atoms with E-state index in [-0.39, 0.29) is 36.8 Å². The van der Waals surface area contributed by atoms with Crippen molar-refractivity contribution in [3.05, 3.63) is 51.5 Å². The van der Waals surface area contributed by atoms with Crippen molar-refractivity contribution in [2.45, 2.75) is 32.5 Å². The van der Waals surface area contributed by atoms with E-state index in [2.05, 4.69) is 22.4 Å². The highest BCUT2D eigenvalue weighted by molar-refractivity contribution is 7.11. The SMILES string of the molecule is Cc1ncc(CN(C)C(=O)C2Cc3ccccc3CN2)s1.Cl.Cl. The van der Waals surface area contributed by atoms with Gasteiger partial charge in [-0.3, -0.25) is 4.79 Å². The van der Waals surface area contributed by atoms with Crippen LogP contribution < -0.4 is 5.32 Å². The van der Waals surface area contributed by atoms with E-state index in [1.165, 1.54) is 11.1 Å². The van der Waals surface area contributed by atoms with Gasteiger partial charge in [0.05, 0.1) is 17.6 Å². The van der Waals surface area contributed by atoms with E-state index in [0.717, 1.165) is 22.9 Å². The summed E-state index contributed by atoms with van der Waals surface area (Å²) in [5.74, 6) is 0.149. The predicted molar refractivity (Wildman–Crippen MR) is 98.6 cm³/mol. The molecule has 0 saturated carbocycles. The Morgan fingerprint density at radius 3 is 2.70 bits per heavy atom. The number of nitrogens with zero attached hydrogens (tertiary/aromatic N) is 2. The molecule has 0 bridgehead atoms. The van der Waals surface area contributed by atoms with Crippen LogP contribution in [0, 0.1) is 6.92 Å². The molecule has 7 heteroatoms. The van der Waals surface area contributed by atoms with Crippen molar-refractivity contribution in [2.75, 3.05) is 7.05 Å². The van der Waals surface area contributed by atoms with Crippen LogP contribution in [0.5, 0.6) is 0 Å². The predicted octanol–water partition coefficient (Wildman–Crippen LogP) is 2.97. The summed E-state index contributed by atoms with van der Waals surface area (Å²) >= 11 is 1.64. The molecule has 0 spiro atoms. The van der Waals surface area contributed by atoms with Crippen LogP contribution in [-0.4, -0.2) is 28.9 Å². The fourth-order valence-corrected chi connectivity index (χ4v) is 3.53. The summed E-state index contributed by atoms with van der Waals surface area (Å²) < 4.78 is 0. The maximum Gasteiger partial charge on any atom is 0.240 e. The number of aryl methyl sites for hydroxylation is 1. The van der Waals surface area contributed by atoms with Crippen LogP contribution in [0.1, 0.15) is 21.0 Å². The summed E-state index contributed by atoms with van der Waals surface area (Å²) in [7, 11) is 1.86. The van der Waals surface area contributed by atoms with Crippen molar-refractivity contribution >= 4 is 42.1 Å². The zero-order valence-electron chi connectivity index (χ0n) is 13.1. The molecule has 0 radical (unpaired) electrons. The highest BCUT2D eigenvalue weighted by Gasteiger charge is 2.26. The maximum absolute atomic E-state index is 12.6. The number of carbonyl (C=O) groups excluding carboxylic acids is 1. The number of aromatic nitrogens is 1. The quantitative estimate of drug-likeness (QED) is 0.899. The standard InChI is InChI=1S/C16H19N3OS.2ClH/c1-11-17-9-14(21-11)10-19(2)16(20)15-7-12-5-3-4-6-13(12)8-18-15;;/h3-6,9,15,18H,7-8,10H2,1-2H3;2*1H. The Bertz CT molecular complexity index is 662. The van der Waals surface area contributed by atoms with Crippen LogP contribution >= 0.6 is 36.2 Å². The minimum Gasteiger partial charge on any atom is -0.339 e. The number of thiazole rings is 1. The monoisotopic (exact) mass is 373 g/mol. The lowest BCUT2D eigenvalue weighted by Crippen LogP contribution is -2.47. The van der Waals surface area contributed by atoms with Gasteiger partial charge >= 0.3 is 0 Å². The number of carbonyl (C=O) groups is 1. The Balaban J connectivity index is 0.00000132. The lowest BCUT2D eigenvalue weighted by Gasteiger charge is -2.28. The number of rotatable bonds is 3. The third-order valence-corrected chi connectivity index (χ3v) is 4.72. The summed E-state index contributed by atoms with van der Waals surface area (Å²) in [4.78, 5) is 19.7. The number of amides is 1. The number of fused-ring (bicyclic) bond motifs is 1. The molecule has 4 nitrogen and oxygen atoms in total. The highest BCUT2D eigenvalue weighted by Crippen LogP contribution is 2.19. The Hall–Kier alpha value is -1.14. The van der Waals surface area contributed by atoms with Gasteiger partial charge in [-0.1, -0.05) is 24.3 Å². The van der Waals surface area contributed by atoms with Crippen LogP contribution in [0.15, 0.2) is 30.5 Å². The molecule has 0 aliphatic carbocycles. The highest BCUT2D eigenvalue weighted by atomic mass is 35.5. The van der Waals surface area contributed by atoms with E-state index in [1.54, 1.807) is 16.2 Å². The molecule has 2 heterocycles. The van der Waals surface area contributed by atoms with Gasteiger partial charge in [-0.05, 0) is 24.5 Å². The number of hydrogen-bond donors (Lipinski definition) is 1. The molecule has 1 amide bonds. The molecule has 0 fully saturated rings. The van der Waals surface area contributed by atoms with Gasteiger partial charge in [-0.25, -0.2) is 4.98 Å². The third-order valence-electron chi connectivity index (χ3n) is 3.82. The lowest BCUT2D eigenvalue weighted by atomic mass is 9.95. The van der Waals surface area contributed by atoms with Crippen LogP contribution in [0.25, 0.3) is 0 Å². The van der Waals surface area contributed by atoms with Crippen LogP contribution in [-0.2, 0) is 24.3 Å². The van der Waals surface area contributed by atoms with E-state index in [0.29, 0.717) is 6.54 Å². The summed E-state index contributed by atoms with van der Waals surface area (Å²) in [6.45, 7) is 3.37. The van der Waals surface area contributed by atoms with Gasteiger partial charge < -0.3 is 10.2 Å². The normalized spacial score (nSPS) is 15.8. The minimum absolute atomic E-state index is 0. The molecule has 23 heavy (non-hydrogen) atoms. The van der Waals surface area contributed by atoms with Gasteiger partial charge in [0.2, 0.25) is 5.91 Å². The van der Waals surface area contributed by atoms with Gasteiger partial charge in [0.1, 0.15) is 0 Å². The summed E-state index contributed by atoms with van der Waals surface area (Å²) in [5.41, 5.74) is 2.57. The Morgan fingerprint density at radius 2 is 2.04 bits per heavy atom. The molecule has 1 aliphatic rings. The van der Waals surface area contributed by atoms with Crippen molar-refractivity contribution in [3.63, 3.8) is 0 Å². The first kappa shape index (κ1) is 19.9. The molecule has 126 valence electrons. The molecule has 1 aliphatic heterocycles. The van der Waals surface area contributed by atoms with E-state index >= 15 is 0 Å². The molecule has 1 aromatic carbocycles. The topological polar surface area (TPSA) is 45.2 Å². The summed E-state index contributed by atoms with van der Waals surface area (Å²) in [6, 6.07) is 8.19. The molecular weight excluding hydrogens is 353 g/mol. The number of benzene rings is 1. The number of hydrogen-bond acceptors (Lipinski definition) is 4. The van der Waals surface area contributed by atoms with E-state index < -0.39 is 0 Å². The number of nitrogens with one attached hydrogen (secondary N) is 1. The van der Waals surface area contributed by atoms with Crippen molar-refractivity contribution in [3.8, 4) is 0 Å². The minimum atomic E-state index is -0.126. The molecular formula is C16H21Cl2N3OS. The van der Waals surface area contributed by atoms with Gasteiger partial charge in [0, 0.05) is 24.7 Å². The number of halogens is 2. The smallest absolute Gasteiger partial charge is 0.240 e. The number of likely N-dealkylation sites (N-methyl/N-ethyl adjacent to an activating group) is 1. The molecule has 1 atom stereocenters. The first-order valence-corrected chi connectivity index (χ1v) is 7.91. The average Bonchev–Trinajstić information content (AvgIpc) is 2.91. The van der Waals surface area contributed by atoms with E-state index in [4.69, 9.17) is 0 Å². The van der Waals surface area contributed by atoms with Crippen LogP contribution in [0.4, 0.5) is 0 Å². The van der Waals surface area contributed by atoms with Crippen LogP contribution in [0.2, 0.25) is 0 Å². The van der Waals surface area contributed by atoms with Gasteiger partial charge in [0.15, 0.2) is 0 Å². The Labute approximate surface area is 153 Å². The fourth-order valence-electron chi connectivity index (χ4n) is 2.69. The van der Waals surface area contributed by atoms with Gasteiger partial charge in [-0.2, -0.15) is 0 Å². The Kier molecular flexibility index (Phi) is 7.48. The average molecular weight is 374 g/mol. The third kappa shape index (κ3) is 4.67. The molecule has 0 saturated heterocycles. The van der Waals surface area contributed by atoms with Gasteiger partial charge in [0.25, 0.3) is 0 Å². The molecule has 3 rings (SSSR count). The molecule has 2 aromatic rings. The largest absolute Gasteiger partial charge is 0.339 e. The second kappa shape index (κ2) is 8.64. The molecule has 1 unspecified atom stereocenters. The maximum atomic E-state index is 12.6. The summed E-state index contributed by atoms with van der Waals surface area (Å²) in [6.07, 6.45) is 2.62. The van der Waals surface area contributed by atoms with E-state index in [9.17, 15) is 4.79 Å². The first-order chi connectivity index (χ1) is 10.1. The van der Waals surface area contributed by atoms with E-state index in [1.807, 2.05) is 32.3 Å².